The molecule has 0 unspecified atom stereocenters. The number of ether oxygens (including phenoxy) is 1. The maximum atomic E-state index is 12.6. The average molecular weight is 355 g/mol. The fraction of sp³-hybridized carbons (Fsp3) is 0.316. The van der Waals surface area contributed by atoms with Crippen LogP contribution in [0.15, 0.2) is 29.5 Å². The fourth-order valence-electron chi connectivity index (χ4n) is 2.90. The first-order valence-electron chi connectivity index (χ1n) is 8.09. The third-order valence-corrected chi connectivity index (χ3v) is 4.11. The molecule has 1 heterocycles. The molecule has 0 bridgehead atoms. The topological polar surface area (TPSA) is 103 Å². The molecule has 2 rings (SSSR count). The minimum atomic E-state index is -0.579. The molecule has 1 aromatic carbocycles. The van der Waals surface area contributed by atoms with Crippen molar-refractivity contribution in [1.29, 1.82) is 5.26 Å². The molecule has 0 atom stereocenters. The van der Waals surface area contributed by atoms with Crippen LogP contribution in [0.1, 0.15) is 16.7 Å². The lowest BCUT2D eigenvalue weighted by Crippen LogP contribution is -2.31. The van der Waals surface area contributed by atoms with Gasteiger partial charge < -0.3 is 20.1 Å². The molecule has 1 aromatic rings. The Morgan fingerprint density at radius 2 is 2.08 bits per heavy atom. The van der Waals surface area contributed by atoms with Crippen molar-refractivity contribution in [1.82, 2.24) is 4.90 Å². The van der Waals surface area contributed by atoms with Gasteiger partial charge in [0.25, 0.3) is 5.91 Å². The summed E-state index contributed by atoms with van der Waals surface area (Å²) in [4.78, 5) is 26.0. The monoisotopic (exact) mass is 355 g/mol. The highest BCUT2D eigenvalue weighted by Crippen LogP contribution is 2.28. The number of β-amino-alcohol motifs (C(OH)–C–C–N with tert-alkyl or cyclic N) is 1. The average Bonchev–Trinajstić information content (AvgIpc) is 2.92. The molecule has 1 amide bonds. The highest BCUT2D eigenvalue weighted by molar-refractivity contribution is 6.08. The predicted molar refractivity (Wildman–Crippen MR) is 96.9 cm³/mol. The Bertz CT molecular complexity index is 811. The fourth-order valence-corrected chi connectivity index (χ4v) is 2.90. The zero-order valence-corrected chi connectivity index (χ0v) is 15.0. The summed E-state index contributed by atoms with van der Waals surface area (Å²) < 4.78 is 4.78. The number of methoxy groups -OCH3 is 1. The van der Waals surface area contributed by atoms with E-state index in [4.69, 9.17) is 15.1 Å². The lowest BCUT2D eigenvalue weighted by molar-refractivity contribution is -0.136. The SMILES string of the molecule is COC(=O)C1=C(Nc2c(C)cc(C=CC#N)cc2C)C(=O)N(CCO)C1. The number of nitrogens with zero attached hydrogens (tertiary/aromatic N) is 2. The molecule has 2 N–H and O–H groups in total. The molecule has 7 heteroatoms. The van der Waals surface area contributed by atoms with Crippen LogP contribution >= 0.6 is 0 Å². The number of carbonyl (C=O) groups excluding carboxylic acids is 2. The van der Waals surface area contributed by atoms with Gasteiger partial charge in [-0.2, -0.15) is 5.26 Å². The second kappa shape index (κ2) is 8.32. The number of aryl methyl sites for hydroxylation is 2. The summed E-state index contributed by atoms with van der Waals surface area (Å²) in [5.41, 5.74) is 3.72. The van der Waals surface area contributed by atoms with Crippen molar-refractivity contribution in [2.75, 3.05) is 32.1 Å². The summed E-state index contributed by atoms with van der Waals surface area (Å²) in [6.45, 7) is 3.80. The molecule has 1 aliphatic heterocycles. The number of allylic oxidation sites excluding steroid dienone is 1. The molecule has 0 fully saturated rings. The van der Waals surface area contributed by atoms with E-state index in [-0.39, 0.29) is 36.9 Å². The number of rotatable bonds is 6. The number of hydrogen-bond acceptors (Lipinski definition) is 6. The van der Waals surface area contributed by atoms with E-state index < -0.39 is 5.97 Å². The Balaban J connectivity index is 2.41. The Labute approximate surface area is 152 Å². The van der Waals surface area contributed by atoms with Crippen LogP contribution < -0.4 is 5.32 Å². The van der Waals surface area contributed by atoms with E-state index in [0.29, 0.717) is 0 Å². The van der Waals surface area contributed by atoms with Crippen LogP contribution in [0, 0.1) is 25.2 Å². The molecular formula is C19H21N3O4. The van der Waals surface area contributed by atoms with E-state index in [2.05, 4.69) is 5.32 Å². The Kier molecular flexibility index (Phi) is 6.15. The van der Waals surface area contributed by atoms with Crippen LogP contribution in [0.3, 0.4) is 0 Å². The first-order valence-corrected chi connectivity index (χ1v) is 8.09. The summed E-state index contributed by atoms with van der Waals surface area (Å²) in [5, 5.41) is 20.8. The zero-order chi connectivity index (χ0) is 19.3. The molecule has 0 saturated heterocycles. The maximum Gasteiger partial charge on any atom is 0.337 e. The van der Waals surface area contributed by atoms with Gasteiger partial charge >= 0.3 is 5.97 Å². The molecule has 136 valence electrons. The molecule has 7 nitrogen and oxygen atoms in total. The second-order valence-electron chi connectivity index (χ2n) is 5.91. The summed E-state index contributed by atoms with van der Waals surface area (Å²) in [5.74, 6) is -0.933. The molecule has 0 aliphatic carbocycles. The van der Waals surface area contributed by atoms with Gasteiger partial charge in [0.1, 0.15) is 5.70 Å². The van der Waals surface area contributed by atoms with Crippen molar-refractivity contribution >= 4 is 23.6 Å². The molecule has 1 aliphatic rings. The van der Waals surface area contributed by atoms with Crippen molar-refractivity contribution in [2.24, 2.45) is 0 Å². The van der Waals surface area contributed by atoms with Gasteiger partial charge in [0.2, 0.25) is 0 Å². The number of benzene rings is 1. The Morgan fingerprint density at radius 1 is 1.42 bits per heavy atom. The summed E-state index contributed by atoms with van der Waals surface area (Å²) in [7, 11) is 1.26. The van der Waals surface area contributed by atoms with Crippen LogP contribution in [0.25, 0.3) is 6.08 Å². The first kappa shape index (κ1) is 19.2. The molecule has 0 radical (unpaired) electrons. The van der Waals surface area contributed by atoms with Gasteiger partial charge in [-0.25, -0.2) is 4.79 Å². The molecular weight excluding hydrogens is 334 g/mol. The van der Waals surface area contributed by atoms with Gasteiger partial charge in [0.15, 0.2) is 0 Å². The molecule has 0 saturated carbocycles. The van der Waals surface area contributed by atoms with E-state index in [1.807, 2.05) is 32.0 Å². The second-order valence-corrected chi connectivity index (χ2v) is 5.91. The van der Waals surface area contributed by atoms with E-state index in [0.717, 1.165) is 22.4 Å². The number of esters is 1. The zero-order valence-electron chi connectivity index (χ0n) is 15.0. The van der Waals surface area contributed by atoms with Crippen molar-refractivity contribution < 1.29 is 19.4 Å². The highest BCUT2D eigenvalue weighted by atomic mass is 16.5. The maximum absolute atomic E-state index is 12.6. The van der Waals surface area contributed by atoms with Gasteiger partial charge in [-0.05, 0) is 48.7 Å². The number of nitriles is 1. The number of amides is 1. The van der Waals surface area contributed by atoms with Crippen LogP contribution in [0.5, 0.6) is 0 Å². The molecule has 0 spiro atoms. The number of nitrogens with one attached hydrogen (secondary N) is 1. The third kappa shape index (κ3) is 3.92. The van der Waals surface area contributed by atoms with Crippen LogP contribution in [-0.4, -0.2) is 48.7 Å². The van der Waals surface area contributed by atoms with Gasteiger partial charge in [0.05, 0.1) is 31.9 Å². The van der Waals surface area contributed by atoms with Crippen LogP contribution in [-0.2, 0) is 14.3 Å². The number of aliphatic hydroxyl groups is 1. The van der Waals surface area contributed by atoms with Crippen molar-refractivity contribution in [3.8, 4) is 6.07 Å². The highest BCUT2D eigenvalue weighted by Gasteiger charge is 2.34. The first-order chi connectivity index (χ1) is 12.4. The Morgan fingerprint density at radius 3 is 2.62 bits per heavy atom. The number of anilines is 1. The van der Waals surface area contributed by atoms with Crippen molar-refractivity contribution in [2.45, 2.75) is 13.8 Å². The van der Waals surface area contributed by atoms with Gasteiger partial charge in [-0.15, -0.1) is 0 Å². The third-order valence-electron chi connectivity index (χ3n) is 4.11. The van der Waals surface area contributed by atoms with Crippen LogP contribution in [0.4, 0.5) is 5.69 Å². The van der Waals surface area contributed by atoms with Gasteiger partial charge in [-0.3, -0.25) is 4.79 Å². The Hall–Kier alpha value is -3.11. The van der Waals surface area contributed by atoms with Crippen LogP contribution in [0.2, 0.25) is 0 Å². The van der Waals surface area contributed by atoms with Gasteiger partial charge in [0, 0.05) is 18.3 Å². The van der Waals surface area contributed by atoms with Crippen molar-refractivity contribution in [3.05, 3.63) is 46.2 Å². The van der Waals surface area contributed by atoms with Crippen molar-refractivity contribution in [3.63, 3.8) is 0 Å². The smallest absolute Gasteiger partial charge is 0.337 e. The lowest BCUT2D eigenvalue weighted by atomic mass is 10.0. The van der Waals surface area contributed by atoms with E-state index in [1.165, 1.54) is 18.1 Å². The van der Waals surface area contributed by atoms with E-state index >= 15 is 0 Å². The quantitative estimate of drug-likeness (QED) is 0.592. The number of carbonyl (C=O) groups is 2. The predicted octanol–water partition coefficient (Wildman–Crippen LogP) is 1.51. The summed E-state index contributed by atoms with van der Waals surface area (Å²) in [6, 6.07) is 5.71. The normalized spacial score (nSPS) is 14.1. The molecule has 26 heavy (non-hydrogen) atoms. The standard InChI is InChI=1S/C19H21N3O4/c1-12-9-14(5-4-6-20)10-13(2)16(12)21-17-15(19(25)26-3)11-22(7-8-23)18(17)24/h4-5,9-10,21,23H,7-8,11H2,1-3H3. The van der Waals surface area contributed by atoms with E-state index in [9.17, 15) is 9.59 Å². The minimum Gasteiger partial charge on any atom is -0.466 e. The number of hydrogen-bond donors (Lipinski definition) is 2. The van der Waals surface area contributed by atoms with Gasteiger partial charge in [-0.1, -0.05) is 0 Å². The summed E-state index contributed by atoms with van der Waals surface area (Å²) >= 11 is 0. The largest absolute Gasteiger partial charge is 0.466 e. The minimum absolute atomic E-state index is 0.0927. The van der Waals surface area contributed by atoms with E-state index in [1.54, 1.807) is 6.08 Å². The number of aliphatic hydroxyl groups excluding tert-OH is 1. The molecule has 0 aromatic heterocycles. The lowest BCUT2D eigenvalue weighted by Gasteiger charge is -2.17. The summed E-state index contributed by atoms with van der Waals surface area (Å²) in [6.07, 6.45) is 3.10.